The molecule has 0 aliphatic rings. The minimum atomic E-state index is -7.02. The summed E-state index contributed by atoms with van der Waals surface area (Å²) in [6.07, 6.45) is 0. The molecule has 0 saturated carbocycles. The van der Waals surface area contributed by atoms with Gasteiger partial charge in [0.05, 0.1) is 0 Å². The predicted molar refractivity (Wildman–Crippen MR) is 133 cm³/mol. The third-order valence-electron chi connectivity index (χ3n) is 5.68. The number of halogens is 12. The summed E-state index contributed by atoms with van der Waals surface area (Å²) >= 11 is 0. The Hall–Kier alpha value is -3.92. The molecular formula is C20H6F12O12S4. The second-order valence-corrected chi connectivity index (χ2v) is 14.9. The van der Waals surface area contributed by atoms with E-state index in [2.05, 4.69) is 16.7 Å². The van der Waals surface area contributed by atoms with Crippen molar-refractivity contribution in [2.45, 2.75) is 22.0 Å². The first-order valence-corrected chi connectivity index (χ1v) is 16.8. The van der Waals surface area contributed by atoms with Crippen molar-refractivity contribution in [3.63, 3.8) is 0 Å². The molecule has 4 aromatic carbocycles. The third-order valence-corrected chi connectivity index (χ3v) is 9.49. The van der Waals surface area contributed by atoms with Gasteiger partial charge in [0, 0.05) is 32.3 Å². The standard InChI is InChI=1S/C20H6F12O12S4/c21-17(22,23)45(33,34)41-13-7-3-1-4-8-11(7)12-9(15(13)43-47(37,38)19(27,28)29)5-2-6-10(12)16(44-48(39,40)20(30,31)32)14(8)42-46(35,36)18(24,25)26/h1-6H. The summed E-state index contributed by atoms with van der Waals surface area (Å²) in [7, 11) is -28.1. The maximum absolute atomic E-state index is 13.3. The molecule has 0 atom stereocenters. The molecular weight excluding hydrogens is 788 g/mol. The van der Waals surface area contributed by atoms with E-state index in [4.69, 9.17) is 0 Å². The second kappa shape index (κ2) is 10.8. The molecule has 0 spiro atoms. The van der Waals surface area contributed by atoms with Gasteiger partial charge in [0.15, 0.2) is 23.0 Å². The summed E-state index contributed by atoms with van der Waals surface area (Å²) < 4.78 is 271. The number of hydrogen-bond acceptors (Lipinski definition) is 12. The summed E-state index contributed by atoms with van der Waals surface area (Å²) in [5.74, 6) is -8.36. The van der Waals surface area contributed by atoms with Gasteiger partial charge >= 0.3 is 62.5 Å². The van der Waals surface area contributed by atoms with Gasteiger partial charge in [-0.2, -0.15) is 86.4 Å². The average Bonchev–Trinajstić information content (AvgIpc) is 2.88. The van der Waals surface area contributed by atoms with Gasteiger partial charge in [0.1, 0.15) is 0 Å². The molecule has 0 aliphatic carbocycles. The van der Waals surface area contributed by atoms with Gasteiger partial charge in [-0.25, -0.2) is 0 Å². The van der Waals surface area contributed by atoms with Gasteiger partial charge in [-0.3, -0.25) is 0 Å². The quantitative estimate of drug-likeness (QED) is 0.0951. The monoisotopic (exact) mass is 794 g/mol. The maximum atomic E-state index is 13.3. The van der Waals surface area contributed by atoms with Crippen molar-refractivity contribution in [1.29, 1.82) is 0 Å². The van der Waals surface area contributed by atoms with Crippen LogP contribution in [-0.4, -0.2) is 55.7 Å². The first-order chi connectivity index (χ1) is 21.3. The van der Waals surface area contributed by atoms with Crippen molar-refractivity contribution in [2.24, 2.45) is 0 Å². The molecule has 0 fully saturated rings. The van der Waals surface area contributed by atoms with E-state index in [1.165, 1.54) is 0 Å². The fourth-order valence-corrected chi connectivity index (χ4v) is 5.77. The summed E-state index contributed by atoms with van der Waals surface area (Å²) in [5.41, 5.74) is -25.7. The van der Waals surface area contributed by atoms with Crippen molar-refractivity contribution in [1.82, 2.24) is 0 Å². The van der Waals surface area contributed by atoms with Gasteiger partial charge in [0.2, 0.25) is 0 Å². The zero-order chi connectivity index (χ0) is 36.8. The highest BCUT2D eigenvalue weighted by Gasteiger charge is 2.54. The average molecular weight is 795 g/mol. The predicted octanol–water partition coefficient (Wildman–Crippen LogP) is 5.50. The number of alkyl halides is 12. The zero-order valence-electron chi connectivity index (χ0n) is 21.5. The van der Waals surface area contributed by atoms with Crippen LogP contribution in [0.15, 0.2) is 36.4 Å². The Morgan fingerprint density at radius 1 is 0.354 bits per heavy atom. The molecule has 266 valence electrons. The Bertz CT molecular complexity index is 2070. The normalized spacial score (nSPS) is 14.5. The van der Waals surface area contributed by atoms with Crippen LogP contribution in [0.2, 0.25) is 0 Å². The van der Waals surface area contributed by atoms with E-state index in [0.29, 0.717) is 36.4 Å². The van der Waals surface area contributed by atoms with E-state index < -0.39 is 118 Å². The van der Waals surface area contributed by atoms with E-state index in [-0.39, 0.29) is 0 Å². The molecule has 48 heavy (non-hydrogen) atoms. The van der Waals surface area contributed by atoms with E-state index in [1.54, 1.807) is 0 Å². The fourth-order valence-electron chi connectivity index (χ4n) is 3.85. The van der Waals surface area contributed by atoms with Crippen LogP contribution in [0.5, 0.6) is 23.0 Å². The summed E-state index contributed by atoms with van der Waals surface area (Å²) in [6, 6.07) is 2.45. The lowest BCUT2D eigenvalue weighted by Crippen LogP contribution is -2.30. The van der Waals surface area contributed by atoms with Crippen molar-refractivity contribution in [3.05, 3.63) is 36.4 Å². The van der Waals surface area contributed by atoms with Crippen LogP contribution in [0.4, 0.5) is 52.7 Å². The lowest BCUT2D eigenvalue weighted by Gasteiger charge is -2.23. The van der Waals surface area contributed by atoms with Crippen LogP contribution in [0.1, 0.15) is 0 Å². The molecule has 0 heterocycles. The SMILES string of the molecule is O=S(=O)(Oc1c(OS(=O)(=O)C(F)(F)F)c2cccc3c(OS(=O)(=O)C(F)(F)F)c(OS(=O)(=O)C(F)(F)F)c4cccc1c4c23)C(F)(F)F. The molecule has 0 unspecified atom stereocenters. The van der Waals surface area contributed by atoms with Crippen molar-refractivity contribution < 1.29 is 103 Å². The van der Waals surface area contributed by atoms with E-state index in [9.17, 15) is 86.4 Å². The molecule has 0 aliphatic heterocycles. The van der Waals surface area contributed by atoms with Crippen molar-refractivity contribution in [2.75, 3.05) is 0 Å². The highest BCUT2D eigenvalue weighted by atomic mass is 32.2. The van der Waals surface area contributed by atoms with Crippen LogP contribution < -0.4 is 16.7 Å². The molecule has 0 N–H and O–H groups in total. The van der Waals surface area contributed by atoms with Crippen LogP contribution in [0, 0.1) is 0 Å². The Morgan fingerprint density at radius 3 is 0.667 bits per heavy atom. The fraction of sp³-hybridized carbons (Fsp3) is 0.200. The molecule has 0 bridgehead atoms. The van der Waals surface area contributed by atoms with Gasteiger partial charge in [-0.1, -0.05) is 36.4 Å². The summed E-state index contributed by atoms with van der Waals surface area (Å²) in [4.78, 5) is 0. The Labute approximate surface area is 257 Å². The molecule has 0 saturated heterocycles. The van der Waals surface area contributed by atoms with Crippen LogP contribution in [-0.2, 0) is 40.5 Å². The van der Waals surface area contributed by atoms with Crippen LogP contribution >= 0.6 is 0 Å². The van der Waals surface area contributed by atoms with Crippen molar-refractivity contribution in [3.8, 4) is 23.0 Å². The summed E-state index contributed by atoms with van der Waals surface area (Å²) in [5, 5.41) is -7.63. The third kappa shape index (κ3) is 6.08. The number of benzene rings is 4. The maximum Gasteiger partial charge on any atom is 0.534 e. The van der Waals surface area contributed by atoms with Crippen LogP contribution in [0.25, 0.3) is 32.3 Å². The number of hydrogen-bond donors (Lipinski definition) is 0. The lowest BCUT2D eigenvalue weighted by atomic mass is 9.92. The van der Waals surface area contributed by atoms with E-state index in [0.717, 1.165) is 0 Å². The largest absolute Gasteiger partial charge is 0.534 e. The molecule has 12 nitrogen and oxygen atoms in total. The Kier molecular flexibility index (Phi) is 8.30. The first-order valence-electron chi connectivity index (χ1n) is 11.1. The van der Waals surface area contributed by atoms with Gasteiger partial charge < -0.3 is 16.7 Å². The molecule has 0 amide bonds. The van der Waals surface area contributed by atoms with Crippen LogP contribution in [0.3, 0.4) is 0 Å². The highest BCUT2D eigenvalue weighted by molar-refractivity contribution is 7.88. The van der Waals surface area contributed by atoms with E-state index in [1.807, 2.05) is 0 Å². The number of rotatable bonds is 8. The van der Waals surface area contributed by atoms with Gasteiger partial charge in [-0.15, -0.1) is 0 Å². The zero-order valence-corrected chi connectivity index (χ0v) is 24.8. The molecule has 28 heteroatoms. The minimum absolute atomic E-state index is 0.400. The molecule has 0 radical (unpaired) electrons. The van der Waals surface area contributed by atoms with Gasteiger partial charge in [-0.05, 0) is 0 Å². The molecule has 4 aromatic rings. The summed E-state index contributed by atoms with van der Waals surface area (Å²) in [6.45, 7) is 0. The first kappa shape index (κ1) is 36.9. The smallest absolute Gasteiger partial charge is 0.371 e. The Morgan fingerprint density at radius 2 is 0.521 bits per heavy atom. The van der Waals surface area contributed by atoms with Gasteiger partial charge in [0.25, 0.3) is 0 Å². The molecule has 0 aromatic heterocycles. The highest BCUT2D eigenvalue weighted by Crippen LogP contribution is 2.55. The minimum Gasteiger partial charge on any atom is -0.371 e. The lowest BCUT2D eigenvalue weighted by molar-refractivity contribution is -0.0512. The van der Waals surface area contributed by atoms with Crippen molar-refractivity contribution >= 4 is 72.8 Å². The Balaban J connectivity index is 2.35. The topological polar surface area (TPSA) is 173 Å². The second-order valence-electron chi connectivity index (χ2n) is 8.71. The van der Waals surface area contributed by atoms with E-state index >= 15 is 0 Å². The molecule has 4 rings (SSSR count).